The number of nitrogens with zero attached hydrogens (tertiary/aromatic N) is 2. The van der Waals surface area contributed by atoms with Gasteiger partial charge in [-0.05, 0) is 41.9 Å². The van der Waals surface area contributed by atoms with Crippen molar-refractivity contribution in [1.29, 1.82) is 0 Å². The molecule has 0 aliphatic carbocycles. The minimum atomic E-state index is -0.169. The number of hydrogen-bond acceptors (Lipinski definition) is 3. The zero-order chi connectivity index (χ0) is 14.1. The molecule has 0 radical (unpaired) electrons. The zero-order valence-corrected chi connectivity index (χ0v) is 12.5. The van der Waals surface area contributed by atoms with Crippen LogP contribution in [0.4, 0.5) is 0 Å². The molecule has 3 nitrogen and oxygen atoms in total. The van der Waals surface area contributed by atoms with Crippen LogP contribution in [0.1, 0.15) is 16.1 Å². The van der Waals surface area contributed by atoms with E-state index in [4.69, 9.17) is 11.6 Å². The van der Waals surface area contributed by atoms with Crippen molar-refractivity contribution in [3.8, 4) is 0 Å². The molecule has 1 heterocycles. The van der Waals surface area contributed by atoms with Crippen LogP contribution in [0.15, 0.2) is 53.0 Å². The van der Waals surface area contributed by atoms with E-state index in [2.05, 4.69) is 25.9 Å². The molecule has 0 bridgehead atoms. The molecule has 0 saturated heterocycles. The third-order valence-corrected chi connectivity index (χ3v) is 3.60. The lowest BCUT2D eigenvalue weighted by Gasteiger charge is -2.05. The summed E-state index contributed by atoms with van der Waals surface area (Å²) >= 11 is 9.24. The molecule has 2 aromatic carbocycles. The molecule has 0 amide bonds. The first-order valence-electron chi connectivity index (χ1n) is 5.88. The van der Waals surface area contributed by atoms with Crippen molar-refractivity contribution in [3.05, 3.63) is 69.5 Å². The average Bonchev–Trinajstić information content (AvgIpc) is 2.46. The molecule has 3 aromatic rings. The van der Waals surface area contributed by atoms with Crippen molar-refractivity contribution in [2.45, 2.75) is 0 Å². The van der Waals surface area contributed by atoms with Crippen LogP contribution in [0.5, 0.6) is 0 Å². The topological polar surface area (TPSA) is 42.9 Å². The highest BCUT2D eigenvalue weighted by Crippen LogP contribution is 2.21. The maximum Gasteiger partial charge on any atom is 0.223 e. The molecule has 1 aromatic heterocycles. The lowest BCUT2D eigenvalue weighted by Crippen LogP contribution is -2.06. The number of para-hydroxylation sites is 1. The highest BCUT2D eigenvalue weighted by atomic mass is 79.9. The summed E-state index contributed by atoms with van der Waals surface area (Å²) in [5.41, 5.74) is 1.55. The van der Waals surface area contributed by atoms with Crippen molar-refractivity contribution in [2.75, 3.05) is 0 Å². The Morgan fingerprint density at radius 3 is 2.45 bits per heavy atom. The lowest BCUT2D eigenvalue weighted by molar-refractivity contribution is 0.103. The predicted molar refractivity (Wildman–Crippen MR) is 82.1 cm³/mol. The first kappa shape index (κ1) is 13.2. The highest BCUT2D eigenvalue weighted by molar-refractivity contribution is 9.10. The van der Waals surface area contributed by atoms with Crippen LogP contribution >= 0.6 is 27.5 Å². The molecular weight excluding hydrogens is 340 g/mol. The molecule has 0 fully saturated rings. The van der Waals surface area contributed by atoms with Gasteiger partial charge >= 0.3 is 0 Å². The summed E-state index contributed by atoms with van der Waals surface area (Å²) in [4.78, 5) is 20.8. The Balaban J connectivity index is 2.18. The molecule has 0 atom stereocenters. The van der Waals surface area contributed by atoms with Crippen LogP contribution < -0.4 is 0 Å². The van der Waals surface area contributed by atoms with Crippen LogP contribution in [0.2, 0.25) is 5.28 Å². The molecule has 0 unspecified atom stereocenters. The third-order valence-electron chi connectivity index (χ3n) is 2.90. The molecule has 98 valence electrons. The Bertz CT molecular complexity index is 803. The zero-order valence-electron chi connectivity index (χ0n) is 10.2. The normalized spacial score (nSPS) is 10.7. The Morgan fingerprint density at radius 1 is 1.00 bits per heavy atom. The van der Waals surface area contributed by atoms with Crippen molar-refractivity contribution in [3.63, 3.8) is 0 Å². The van der Waals surface area contributed by atoms with E-state index in [9.17, 15) is 4.79 Å². The van der Waals surface area contributed by atoms with E-state index >= 15 is 0 Å². The van der Waals surface area contributed by atoms with Gasteiger partial charge in [-0.2, -0.15) is 0 Å². The number of carbonyl (C=O) groups is 1. The maximum atomic E-state index is 12.6. The summed E-state index contributed by atoms with van der Waals surface area (Å²) in [6.45, 7) is 0. The molecule has 0 aliphatic heterocycles. The summed E-state index contributed by atoms with van der Waals surface area (Å²) in [5.74, 6) is -0.169. The molecule has 0 saturated carbocycles. The van der Waals surface area contributed by atoms with E-state index in [0.29, 0.717) is 22.2 Å². The van der Waals surface area contributed by atoms with E-state index in [1.165, 1.54) is 0 Å². The van der Waals surface area contributed by atoms with Gasteiger partial charge in [-0.25, -0.2) is 9.97 Å². The second kappa shape index (κ2) is 5.31. The maximum absolute atomic E-state index is 12.6. The molecule has 0 spiro atoms. The van der Waals surface area contributed by atoms with Gasteiger partial charge in [-0.15, -0.1) is 0 Å². The number of fused-ring (bicyclic) bond motifs is 1. The van der Waals surface area contributed by atoms with Gasteiger partial charge in [-0.3, -0.25) is 4.79 Å². The Labute approximate surface area is 128 Å². The highest BCUT2D eigenvalue weighted by Gasteiger charge is 2.16. The fourth-order valence-electron chi connectivity index (χ4n) is 1.96. The van der Waals surface area contributed by atoms with E-state index < -0.39 is 0 Å². The molecular formula is C15H8BrClN2O. The van der Waals surface area contributed by atoms with Gasteiger partial charge in [0.25, 0.3) is 0 Å². The van der Waals surface area contributed by atoms with Crippen LogP contribution in [0.3, 0.4) is 0 Å². The minimum absolute atomic E-state index is 0.0733. The molecule has 0 N–H and O–H groups in total. The van der Waals surface area contributed by atoms with E-state index in [1.54, 1.807) is 18.2 Å². The smallest absolute Gasteiger partial charge is 0.223 e. The molecule has 0 aliphatic rings. The minimum Gasteiger partial charge on any atom is -0.287 e. The van der Waals surface area contributed by atoms with E-state index in [-0.39, 0.29) is 11.1 Å². The van der Waals surface area contributed by atoms with Gasteiger partial charge in [0.05, 0.1) is 5.52 Å². The Morgan fingerprint density at radius 2 is 1.70 bits per heavy atom. The van der Waals surface area contributed by atoms with Crippen molar-refractivity contribution in [2.24, 2.45) is 0 Å². The molecule has 5 heteroatoms. The number of carbonyl (C=O) groups excluding carboxylic acids is 1. The first-order valence-corrected chi connectivity index (χ1v) is 7.05. The van der Waals surface area contributed by atoms with Crippen molar-refractivity contribution in [1.82, 2.24) is 9.97 Å². The Kier molecular flexibility index (Phi) is 3.51. The van der Waals surface area contributed by atoms with Gasteiger partial charge in [-0.1, -0.05) is 34.1 Å². The largest absolute Gasteiger partial charge is 0.287 e. The van der Waals surface area contributed by atoms with Gasteiger partial charge in [0.15, 0.2) is 0 Å². The number of hydrogen-bond donors (Lipinski definition) is 0. The lowest BCUT2D eigenvalue weighted by atomic mass is 10.0. The second-order valence-corrected chi connectivity index (χ2v) is 5.45. The van der Waals surface area contributed by atoms with Gasteiger partial charge in [0, 0.05) is 15.4 Å². The van der Waals surface area contributed by atoms with Crippen LogP contribution in [0, 0.1) is 0 Å². The first-order chi connectivity index (χ1) is 9.65. The van der Waals surface area contributed by atoms with Crippen LogP contribution in [-0.2, 0) is 0 Å². The van der Waals surface area contributed by atoms with Crippen LogP contribution in [0.25, 0.3) is 10.9 Å². The number of benzene rings is 2. The van der Waals surface area contributed by atoms with Crippen molar-refractivity contribution >= 4 is 44.2 Å². The van der Waals surface area contributed by atoms with Gasteiger partial charge in [0.2, 0.25) is 11.1 Å². The van der Waals surface area contributed by atoms with Crippen molar-refractivity contribution < 1.29 is 4.79 Å². The predicted octanol–water partition coefficient (Wildman–Crippen LogP) is 4.28. The quantitative estimate of drug-likeness (QED) is 0.513. The average molecular weight is 348 g/mol. The Hall–Kier alpha value is -1.78. The monoisotopic (exact) mass is 346 g/mol. The number of aromatic nitrogens is 2. The number of ketones is 1. The fourth-order valence-corrected chi connectivity index (χ4v) is 2.40. The van der Waals surface area contributed by atoms with Crippen LogP contribution in [-0.4, -0.2) is 15.8 Å². The summed E-state index contributed by atoms with van der Waals surface area (Å²) in [5, 5.41) is 0.772. The SMILES string of the molecule is O=C(c1ccc(Br)cc1)c1nc(Cl)nc2ccccc12. The van der Waals surface area contributed by atoms with Gasteiger partial charge in [0.1, 0.15) is 5.69 Å². The van der Waals surface area contributed by atoms with E-state index in [0.717, 1.165) is 4.47 Å². The standard InChI is InChI=1S/C15H8BrClN2O/c16-10-7-5-9(6-8-10)14(20)13-11-3-1-2-4-12(11)18-15(17)19-13/h1-8H. The fraction of sp³-hybridized carbons (Fsp3) is 0. The summed E-state index contributed by atoms with van der Waals surface area (Å²) < 4.78 is 0.916. The molecule has 20 heavy (non-hydrogen) atoms. The summed E-state index contributed by atoms with van der Waals surface area (Å²) in [6.07, 6.45) is 0. The number of rotatable bonds is 2. The van der Waals surface area contributed by atoms with Gasteiger partial charge < -0.3 is 0 Å². The number of halogens is 2. The summed E-state index contributed by atoms with van der Waals surface area (Å²) in [6, 6.07) is 14.4. The summed E-state index contributed by atoms with van der Waals surface area (Å²) in [7, 11) is 0. The second-order valence-electron chi connectivity index (χ2n) is 4.19. The van der Waals surface area contributed by atoms with E-state index in [1.807, 2.05) is 30.3 Å². The molecule has 3 rings (SSSR count). The third kappa shape index (κ3) is 2.44.